The van der Waals surface area contributed by atoms with Crippen molar-refractivity contribution in [2.24, 2.45) is 0 Å². The molecule has 6 nitrogen and oxygen atoms in total. The molecular formula is C28H22ClN5O. The van der Waals surface area contributed by atoms with Gasteiger partial charge in [0.2, 0.25) is 0 Å². The molecule has 3 heterocycles. The predicted octanol–water partition coefficient (Wildman–Crippen LogP) is 5.74. The Morgan fingerprint density at radius 3 is 2.31 bits per heavy atom. The summed E-state index contributed by atoms with van der Waals surface area (Å²) in [5.41, 5.74) is 5.05. The fraction of sp³-hybridized carbons (Fsp3) is 0.143. The molecule has 35 heavy (non-hydrogen) atoms. The van der Waals surface area contributed by atoms with E-state index in [0.717, 1.165) is 29.0 Å². The van der Waals surface area contributed by atoms with Crippen LogP contribution in [0.2, 0.25) is 5.02 Å². The summed E-state index contributed by atoms with van der Waals surface area (Å²) in [6, 6.07) is 25.3. The lowest BCUT2D eigenvalue weighted by Crippen LogP contribution is -2.26. The highest BCUT2D eigenvalue weighted by Gasteiger charge is 2.22. The summed E-state index contributed by atoms with van der Waals surface area (Å²) in [5.74, 6) is 0.731. The molecule has 6 rings (SSSR count). The first-order chi connectivity index (χ1) is 17.1. The van der Waals surface area contributed by atoms with Crippen molar-refractivity contribution in [3.63, 3.8) is 0 Å². The van der Waals surface area contributed by atoms with Crippen molar-refractivity contribution >= 4 is 44.8 Å². The van der Waals surface area contributed by atoms with Gasteiger partial charge in [-0.25, -0.2) is 15.0 Å². The number of para-hydroxylation sites is 2. The quantitative estimate of drug-likeness (QED) is 0.316. The Kier molecular flexibility index (Phi) is 5.30. The van der Waals surface area contributed by atoms with Crippen LogP contribution in [-0.2, 0) is 19.4 Å². The van der Waals surface area contributed by atoms with Crippen LogP contribution >= 0.6 is 11.6 Å². The van der Waals surface area contributed by atoms with Gasteiger partial charge < -0.3 is 0 Å². The van der Waals surface area contributed by atoms with Gasteiger partial charge in [-0.1, -0.05) is 67.1 Å². The zero-order chi connectivity index (χ0) is 23.9. The third-order valence-electron chi connectivity index (χ3n) is 6.29. The van der Waals surface area contributed by atoms with E-state index in [0.29, 0.717) is 40.2 Å². The van der Waals surface area contributed by atoms with Gasteiger partial charge in [-0.15, -0.1) is 0 Å². The van der Waals surface area contributed by atoms with Crippen LogP contribution in [0.15, 0.2) is 83.7 Å². The molecule has 0 fully saturated rings. The summed E-state index contributed by atoms with van der Waals surface area (Å²) < 4.78 is 3.69. The van der Waals surface area contributed by atoms with Gasteiger partial charge in [-0.2, -0.15) is 0 Å². The van der Waals surface area contributed by atoms with Crippen LogP contribution < -0.4 is 5.56 Å². The maximum Gasteiger partial charge on any atom is 0.265 e. The zero-order valence-corrected chi connectivity index (χ0v) is 19.9. The molecule has 0 spiro atoms. The number of aromatic nitrogens is 5. The van der Waals surface area contributed by atoms with Crippen molar-refractivity contribution in [3.05, 3.63) is 106 Å². The molecule has 172 valence electrons. The number of aryl methyl sites for hydroxylation is 2. The fourth-order valence-corrected chi connectivity index (χ4v) is 4.80. The van der Waals surface area contributed by atoms with Gasteiger partial charge in [0.05, 0.1) is 16.7 Å². The molecule has 0 atom stereocenters. The second-order valence-electron chi connectivity index (χ2n) is 8.47. The Morgan fingerprint density at radius 1 is 0.829 bits per heavy atom. The minimum absolute atomic E-state index is 0.0989. The van der Waals surface area contributed by atoms with E-state index in [9.17, 15) is 4.79 Å². The SMILES string of the molecule is CCc1nc2c(c(=O)n1CCc1ccccc1)c1nc3ccccc3nc1n2-c1cccc(Cl)c1. The summed E-state index contributed by atoms with van der Waals surface area (Å²) in [6.07, 6.45) is 1.36. The van der Waals surface area contributed by atoms with E-state index in [2.05, 4.69) is 12.1 Å². The average Bonchev–Trinajstić information content (AvgIpc) is 3.20. The van der Waals surface area contributed by atoms with E-state index in [1.807, 2.05) is 78.2 Å². The largest absolute Gasteiger partial charge is 0.296 e. The first kappa shape index (κ1) is 21.5. The van der Waals surface area contributed by atoms with Crippen molar-refractivity contribution < 1.29 is 0 Å². The predicted molar refractivity (Wildman–Crippen MR) is 140 cm³/mol. The molecule has 3 aromatic carbocycles. The lowest BCUT2D eigenvalue weighted by atomic mass is 10.1. The molecule has 3 aromatic heterocycles. The van der Waals surface area contributed by atoms with E-state index < -0.39 is 0 Å². The molecule has 0 radical (unpaired) electrons. The van der Waals surface area contributed by atoms with Crippen LogP contribution in [-0.4, -0.2) is 24.1 Å². The Hall–Kier alpha value is -4.03. The Balaban J connectivity index is 1.67. The number of nitrogens with zero attached hydrogens (tertiary/aromatic N) is 5. The fourth-order valence-electron chi connectivity index (χ4n) is 4.62. The molecular weight excluding hydrogens is 458 g/mol. The highest BCUT2D eigenvalue weighted by Crippen LogP contribution is 2.29. The Labute approximate surface area is 206 Å². The maximum absolute atomic E-state index is 14.0. The van der Waals surface area contributed by atoms with Gasteiger partial charge >= 0.3 is 0 Å². The van der Waals surface area contributed by atoms with E-state index in [-0.39, 0.29) is 5.56 Å². The van der Waals surface area contributed by atoms with Gasteiger partial charge in [0.1, 0.15) is 16.7 Å². The molecule has 0 amide bonds. The first-order valence-electron chi connectivity index (χ1n) is 11.6. The van der Waals surface area contributed by atoms with Gasteiger partial charge in [-0.05, 0) is 42.3 Å². The van der Waals surface area contributed by atoms with Crippen LogP contribution in [0, 0.1) is 0 Å². The van der Waals surface area contributed by atoms with Gasteiger partial charge in [0.25, 0.3) is 5.56 Å². The van der Waals surface area contributed by atoms with Crippen LogP contribution in [0.4, 0.5) is 0 Å². The summed E-state index contributed by atoms with van der Waals surface area (Å²) in [4.78, 5) is 28.8. The lowest BCUT2D eigenvalue weighted by Gasteiger charge is -2.12. The van der Waals surface area contributed by atoms with Crippen LogP contribution in [0.25, 0.3) is 38.9 Å². The molecule has 0 bridgehead atoms. The molecule has 0 saturated heterocycles. The van der Waals surface area contributed by atoms with Gasteiger partial charge in [0.15, 0.2) is 11.3 Å². The molecule has 6 aromatic rings. The standard InChI is InChI=1S/C28H22ClN5O/c1-2-23-32-26-24(28(35)33(23)16-15-18-9-4-3-5-10-18)25-27(31-22-14-7-6-13-21(22)30-25)34(26)20-12-8-11-19(29)17-20/h3-14,17H,2,15-16H2,1H3. The third-order valence-corrected chi connectivity index (χ3v) is 6.53. The number of benzene rings is 3. The van der Waals surface area contributed by atoms with Gasteiger partial charge in [0, 0.05) is 18.0 Å². The van der Waals surface area contributed by atoms with Gasteiger partial charge in [-0.3, -0.25) is 13.9 Å². The number of hydrogen-bond acceptors (Lipinski definition) is 4. The zero-order valence-electron chi connectivity index (χ0n) is 19.1. The van der Waals surface area contributed by atoms with Crippen molar-refractivity contribution in [1.29, 1.82) is 0 Å². The number of rotatable bonds is 5. The smallest absolute Gasteiger partial charge is 0.265 e. The highest BCUT2D eigenvalue weighted by molar-refractivity contribution is 6.30. The van der Waals surface area contributed by atoms with E-state index in [1.165, 1.54) is 5.56 Å². The molecule has 0 aliphatic carbocycles. The first-order valence-corrected chi connectivity index (χ1v) is 12.0. The van der Waals surface area contributed by atoms with E-state index in [4.69, 9.17) is 26.6 Å². The second kappa shape index (κ2) is 8.64. The minimum Gasteiger partial charge on any atom is -0.296 e. The number of hydrogen-bond donors (Lipinski definition) is 0. The lowest BCUT2D eigenvalue weighted by molar-refractivity contribution is 0.620. The number of fused-ring (bicyclic) bond motifs is 4. The van der Waals surface area contributed by atoms with Crippen LogP contribution in [0.3, 0.4) is 0 Å². The van der Waals surface area contributed by atoms with Crippen LogP contribution in [0.5, 0.6) is 0 Å². The topological polar surface area (TPSA) is 65.6 Å². The second-order valence-corrected chi connectivity index (χ2v) is 8.91. The minimum atomic E-state index is -0.0989. The molecule has 0 saturated carbocycles. The molecule has 0 aliphatic rings. The molecule has 0 unspecified atom stereocenters. The number of halogens is 1. The summed E-state index contributed by atoms with van der Waals surface area (Å²) in [6.45, 7) is 2.56. The third kappa shape index (κ3) is 3.67. The summed E-state index contributed by atoms with van der Waals surface area (Å²) in [7, 11) is 0. The van der Waals surface area contributed by atoms with Crippen molar-refractivity contribution in [1.82, 2.24) is 24.1 Å². The Bertz CT molecular complexity index is 1770. The maximum atomic E-state index is 14.0. The van der Waals surface area contributed by atoms with Crippen molar-refractivity contribution in [3.8, 4) is 5.69 Å². The summed E-state index contributed by atoms with van der Waals surface area (Å²) >= 11 is 6.34. The van der Waals surface area contributed by atoms with Crippen molar-refractivity contribution in [2.75, 3.05) is 0 Å². The highest BCUT2D eigenvalue weighted by atomic mass is 35.5. The summed E-state index contributed by atoms with van der Waals surface area (Å²) in [5, 5.41) is 1.07. The van der Waals surface area contributed by atoms with Crippen LogP contribution in [0.1, 0.15) is 18.3 Å². The van der Waals surface area contributed by atoms with Crippen molar-refractivity contribution in [2.45, 2.75) is 26.3 Å². The average molecular weight is 480 g/mol. The molecule has 0 N–H and O–H groups in total. The monoisotopic (exact) mass is 479 g/mol. The Morgan fingerprint density at radius 2 is 1.57 bits per heavy atom. The molecule has 0 aliphatic heterocycles. The molecule has 7 heteroatoms. The van der Waals surface area contributed by atoms with E-state index in [1.54, 1.807) is 4.57 Å². The normalized spacial score (nSPS) is 11.6. The van der Waals surface area contributed by atoms with E-state index >= 15 is 0 Å².